The molecule has 29 heavy (non-hydrogen) atoms. The number of carbonyl (C=O) groups excluding carboxylic acids is 1. The molecule has 1 N–H and O–H groups in total. The minimum absolute atomic E-state index is 0.0305. The molecule has 1 aliphatic rings. The van der Waals surface area contributed by atoms with Crippen LogP contribution in [0.4, 0.5) is 8.78 Å². The van der Waals surface area contributed by atoms with E-state index in [0.717, 1.165) is 0 Å². The summed E-state index contributed by atoms with van der Waals surface area (Å²) >= 11 is 0. The summed E-state index contributed by atoms with van der Waals surface area (Å²) in [6.07, 6.45) is 2.68. The van der Waals surface area contributed by atoms with E-state index in [1.807, 2.05) is 24.8 Å². The van der Waals surface area contributed by atoms with Crippen LogP contribution in [0, 0.1) is 17.6 Å². The summed E-state index contributed by atoms with van der Waals surface area (Å²) in [6.45, 7) is 4.27. The van der Waals surface area contributed by atoms with Gasteiger partial charge in [0.05, 0.1) is 17.0 Å². The van der Waals surface area contributed by atoms with Gasteiger partial charge in [0, 0.05) is 24.8 Å². The van der Waals surface area contributed by atoms with Crippen LogP contribution >= 0.6 is 0 Å². The van der Waals surface area contributed by atoms with Crippen molar-refractivity contribution in [3.05, 3.63) is 59.7 Å². The summed E-state index contributed by atoms with van der Waals surface area (Å²) in [5, 5.41) is 0. The lowest BCUT2D eigenvalue weighted by Gasteiger charge is -2.30. The van der Waals surface area contributed by atoms with Gasteiger partial charge < -0.3 is 4.90 Å². The molecule has 7 heteroatoms. The van der Waals surface area contributed by atoms with Crippen LogP contribution < -0.4 is 4.72 Å². The predicted molar refractivity (Wildman–Crippen MR) is 111 cm³/mol. The van der Waals surface area contributed by atoms with Gasteiger partial charge in [0.15, 0.2) is 0 Å². The van der Waals surface area contributed by atoms with Crippen molar-refractivity contribution in [1.29, 1.82) is 0 Å². The maximum Gasteiger partial charge on any atom is 0.225 e. The molecular formula is C22H26F2N2O2S. The highest BCUT2D eigenvalue weighted by Gasteiger charge is 2.38. The highest BCUT2D eigenvalue weighted by molar-refractivity contribution is 7.82. The highest BCUT2D eigenvalue weighted by Crippen LogP contribution is 2.28. The third-order valence-corrected chi connectivity index (χ3v) is 5.84. The first kappa shape index (κ1) is 21.6. The molecule has 3 unspecified atom stereocenters. The fraction of sp³-hybridized carbons (Fsp3) is 0.409. The minimum atomic E-state index is -1.22. The Morgan fingerprint density at radius 2 is 1.90 bits per heavy atom. The maximum absolute atomic E-state index is 14.3. The summed E-state index contributed by atoms with van der Waals surface area (Å²) in [6, 6.07) is 10.3. The quantitative estimate of drug-likeness (QED) is 0.775. The average Bonchev–Trinajstić information content (AvgIpc) is 3.02. The van der Waals surface area contributed by atoms with Crippen molar-refractivity contribution >= 4 is 16.9 Å². The molecule has 0 aromatic heterocycles. The van der Waals surface area contributed by atoms with E-state index in [4.69, 9.17) is 0 Å². The SMILES string of the molecule is CC(C)C(=O)N1CCC(NS(C)=O)C1Cc1cc(F)cc(-c2cccc(F)c2)c1. The number of likely N-dealkylation sites (tertiary alicyclic amines) is 1. The summed E-state index contributed by atoms with van der Waals surface area (Å²) in [5.41, 5.74) is 1.89. The van der Waals surface area contributed by atoms with Crippen molar-refractivity contribution in [2.24, 2.45) is 5.92 Å². The number of hydrogen-bond acceptors (Lipinski definition) is 2. The molecule has 1 fully saturated rings. The van der Waals surface area contributed by atoms with Gasteiger partial charge in [-0.05, 0) is 53.8 Å². The lowest BCUT2D eigenvalue weighted by Crippen LogP contribution is -2.47. The summed E-state index contributed by atoms with van der Waals surface area (Å²) < 4.78 is 42.7. The molecular weight excluding hydrogens is 394 g/mol. The lowest BCUT2D eigenvalue weighted by atomic mass is 9.96. The lowest BCUT2D eigenvalue weighted by molar-refractivity contribution is -0.135. The largest absolute Gasteiger partial charge is 0.337 e. The molecule has 3 rings (SSSR count). The number of amides is 1. The first-order valence-corrected chi connectivity index (χ1v) is 11.3. The van der Waals surface area contributed by atoms with Crippen LogP contribution in [0.25, 0.3) is 11.1 Å². The second-order valence-electron chi connectivity index (χ2n) is 7.78. The van der Waals surface area contributed by atoms with Crippen molar-refractivity contribution in [2.75, 3.05) is 12.8 Å². The third-order valence-electron chi connectivity index (χ3n) is 5.20. The second-order valence-corrected chi connectivity index (χ2v) is 8.93. The summed E-state index contributed by atoms with van der Waals surface area (Å²) in [5.74, 6) is -0.917. The molecule has 0 radical (unpaired) electrons. The van der Waals surface area contributed by atoms with Crippen LogP contribution in [0.5, 0.6) is 0 Å². The third kappa shape index (κ3) is 5.28. The van der Waals surface area contributed by atoms with Crippen molar-refractivity contribution in [1.82, 2.24) is 9.62 Å². The van der Waals surface area contributed by atoms with Gasteiger partial charge in [-0.1, -0.05) is 32.0 Å². The van der Waals surface area contributed by atoms with E-state index < -0.39 is 16.8 Å². The molecule has 2 aromatic rings. The Morgan fingerprint density at radius 3 is 2.55 bits per heavy atom. The molecule has 4 nitrogen and oxygen atoms in total. The molecule has 2 aromatic carbocycles. The summed E-state index contributed by atoms with van der Waals surface area (Å²) in [7, 11) is -1.22. The number of rotatable bonds is 6. The Morgan fingerprint density at radius 1 is 1.17 bits per heavy atom. The number of carbonyl (C=O) groups is 1. The molecule has 156 valence electrons. The van der Waals surface area contributed by atoms with Gasteiger partial charge in [0.2, 0.25) is 5.91 Å². The minimum Gasteiger partial charge on any atom is -0.337 e. The van der Waals surface area contributed by atoms with Crippen molar-refractivity contribution < 1.29 is 17.8 Å². The van der Waals surface area contributed by atoms with Crippen molar-refractivity contribution in [3.63, 3.8) is 0 Å². The maximum atomic E-state index is 14.3. The highest BCUT2D eigenvalue weighted by atomic mass is 32.2. The molecule has 1 amide bonds. The monoisotopic (exact) mass is 420 g/mol. The van der Waals surface area contributed by atoms with Gasteiger partial charge >= 0.3 is 0 Å². The Labute approximate surface area is 172 Å². The molecule has 0 bridgehead atoms. The van der Waals surface area contributed by atoms with Gasteiger partial charge in [-0.2, -0.15) is 0 Å². The molecule has 0 aliphatic carbocycles. The molecule has 1 heterocycles. The Balaban J connectivity index is 1.92. The normalized spacial score (nSPS) is 20.3. The second kappa shape index (κ2) is 9.13. The fourth-order valence-corrected chi connectivity index (χ4v) is 4.61. The Bertz CT molecular complexity index is 919. The molecule has 1 aliphatic heterocycles. The standard InChI is InChI=1S/C22H26F2N2O2S/c1-14(2)22(27)26-8-7-20(25-29(3)28)21(26)11-15-9-17(13-19(24)10-15)16-5-4-6-18(23)12-16/h4-6,9-10,12-14,20-21,25H,7-8,11H2,1-3H3. The topological polar surface area (TPSA) is 49.4 Å². The first-order valence-electron chi connectivity index (χ1n) is 9.70. The van der Waals surface area contributed by atoms with E-state index in [1.54, 1.807) is 18.4 Å². The molecule has 3 atom stereocenters. The van der Waals surface area contributed by atoms with E-state index in [0.29, 0.717) is 36.1 Å². The smallest absolute Gasteiger partial charge is 0.225 e. The summed E-state index contributed by atoms with van der Waals surface area (Å²) in [4.78, 5) is 14.5. The van der Waals surface area contributed by atoms with Gasteiger partial charge in [0.25, 0.3) is 0 Å². The van der Waals surface area contributed by atoms with E-state index in [-0.39, 0.29) is 29.7 Å². The molecule has 0 spiro atoms. The van der Waals surface area contributed by atoms with Crippen LogP contribution in [0.1, 0.15) is 25.8 Å². The van der Waals surface area contributed by atoms with Crippen LogP contribution in [-0.4, -0.2) is 39.9 Å². The van der Waals surface area contributed by atoms with E-state index in [9.17, 15) is 17.8 Å². The average molecular weight is 421 g/mol. The van der Waals surface area contributed by atoms with Crippen LogP contribution in [0.15, 0.2) is 42.5 Å². The number of nitrogens with zero attached hydrogens (tertiary/aromatic N) is 1. The zero-order valence-electron chi connectivity index (χ0n) is 16.8. The van der Waals surface area contributed by atoms with Crippen molar-refractivity contribution in [3.8, 4) is 11.1 Å². The van der Waals surface area contributed by atoms with E-state index in [1.165, 1.54) is 24.3 Å². The van der Waals surface area contributed by atoms with E-state index >= 15 is 0 Å². The number of hydrogen-bond donors (Lipinski definition) is 1. The Hall–Kier alpha value is -2.12. The zero-order valence-corrected chi connectivity index (χ0v) is 17.6. The zero-order chi connectivity index (χ0) is 21.1. The first-order chi connectivity index (χ1) is 13.7. The van der Waals surface area contributed by atoms with Gasteiger partial charge in [-0.15, -0.1) is 0 Å². The van der Waals surface area contributed by atoms with Crippen LogP contribution in [0.2, 0.25) is 0 Å². The van der Waals surface area contributed by atoms with Crippen molar-refractivity contribution in [2.45, 2.75) is 38.8 Å². The number of halogens is 2. The van der Waals surface area contributed by atoms with Gasteiger partial charge in [0.1, 0.15) is 11.6 Å². The Kier molecular flexibility index (Phi) is 6.80. The number of nitrogens with one attached hydrogen (secondary N) is 1. The molecule has 1 saturated heterocycles. The number of benzene rings is 2. The fourth-order valence-electron chi connectivity index (χ4n) is 3.91. The van der Waals surface area contributed by atoms with E-state index in [2.05, 4.69) is 4.72 Å². The van der Waals surface area contributed by atoms with Crippen LogP contribution in [0.3, 0.4) is 0 Å². The van der Waals surface area contributed by atoms with Crippen LogP contribution in [-0.2, 0) is 22.2 Å². The predicted octanol–water partition coefficient (Wildman–Crippen LogP) is 3.68. The molecule has 0 saturated carbocycles. The van der Waals surface area contributed by atoms with Gasteiger partial charge in [-0.3, -0.25) is 4.79 Å². The van der Waals surface area contributed by atoms with Gasteiger partial charge in [-0.25, -0.2) is 17.7 Å².